The molecule has 2 aromatic rings. The molecule has 0 aliphatic heterocycles. The van der Waals surface area contributed by atoms with Crippen LogP contribution in [0.1, 0.15) is 11.3 Å². The molecule has 1 aromatic heterocycles. The molecule has 0 bridgehead atoms. The van der Waals surface area contributed by atoms with Crippen molar-refractivity contribution in [2.75, 3.05) is 6.54 Å². The van der Waals surface area contributed by atoms with Crippen LogP contribution < -0.4 is 16.4 Å². The van der Waals surface area contributed by atoms with Gasteiger partial charge in [-0.25, -0.2) is 9.48 Å². The summed E-state index contributed by atoms with van der Waals surface area (Å²) < 4.78 is 38.7. The Balaban J connectivity index is 1.94. The van der Waals surface area contributed by atoms with Gasteiger partial charge in [0.05, 0.1) is 12.2 Å². The molecule has 1 heterocycles. The molecule has 3 amide bonds. The molecule has 0 atom stereocenters. The van der Waals surface area contributed by atoms with E-state index in [2.05, 4.69) is 15.7 Å². The van der Waals surface area contributed by atoms with Crippen LogP contribution in [-0.4, -0.2) is 28.3 Å². The van der Waals surface area contributed by atoms with Gasteiger partial charge in [0, 0.05) is 12.7 Å². The molecule has 0 spiro atoms. The van der Waals surface area contributed by atoms with Gasteiger partial charge in [-0.3, -0.25) is 4.79 Å². The minimum Gasteiger partial charge on any atom is -0.352 e. The van der Waals surface area contributed by atoms with E-state index in [1.807, 2.05) is 0 Å². The zero-order valence-corrected chi connectivity index (χ0v) is 12.3. The molecule has 4 N–H and O–H groups in total. The van der Waals surface area contributed by atoms with Crippen LogP contribution in [-0.2, 0) is 17.5 Å². The summed E-state index contributed by atoms with van der Waals surface area (Å²) in [6, 6.07) is 6.54. The lowest BCUT2D eigenvalue weighted by molar-refractivity contribution is -0.141. The Hall–Kier alpha value is -3.04. The molecule has 0 aliphatic rings. The normalized spacial score (nSPS) is 11.1. The van der Waals surface area contributed by atoms with Crippen molar-refractivity contribution in [1.29, 1.82) is 0 Å². The third-order valence-corrected chi connectivity index (χ3v) is 2.99. The van der Waals surface area contributed by atoms with Crippen LogP contribution in [0.3, 0.4) is 0 Å². The Kier molecular flexibility index (Phi) is 5.07. The fourth-order valence-electron chi connectivity index (χ4n) is 1.82. The first-order chi connectivity index (χ1) is 11.3. The Morgan fingerprint density at radius 2 is 1.79 bits per heavy atom. The molecule has 1 aromatic carbocycles. The van der Waals surface area contributed by atoms with Crippen molar-refractivity contribution >= 4 is 11.9 Å². The number of nitrogens with two attached hydrogens (primary N) is 1. The third-order valence-electron chi connectivity index (χ3n) is 2.99. The zero-order valence-electron chi connectivity index (χ0n) is 12.3. The number of hydrogen-bond donors (Lipinski definition) is 3. The summed E-state index contributed by atoms with van der Waals surface area (Å²) in [5, 5.41) is 8.17. The van der Waals surface area contributed by atoms with Crippen molar-refractivity contribution in [3.8, 4) is 5.69 Å². The number of alkyl halides is 3. The molecule has 24 heavy (non-hydrogen) atoms. The quantitative estimate of drug-likeness (QED) is 0.761. The minimum absolute atomic E-state index is 0.201. The first-order valence-corrected chi connectivity index (χ1v) is 6.78. The van der Waals surface area contributed by atoms with Gasteiger partial charge in [-0.2, -0.15) is 18.3 Å². The van der Waals surface area contributed by atoms with Gasteiger partial charge in [-0.1, -0.05) is 12.1 Å². The molecule has 0 fully saturated rings. The largest absolute Gasteiger partial charge is 0.435 e. The number of halogens is 3. The van der Waals surface area contributed by atoms with E-state index >= 15 is 0 Å². The molecule has 0 unspecified atom stereocenters. The number of benzene rings is 1. The number of primary amides is 1. The second kappa shape index (κ2) is 7.02. The maximum absolute atomic E-state index is 12.5. The maximum Gasteiger partial charge on any atom is 0.435 e. The number of nitrogens with zero attached hydrogens (tertiary/aromatic N) is 2. The molecular formula is C14H14F3N5O2. The van der Waals surface area contributed by atoms with Crippen LogP contribution >= 0.6 is 0 Å². The van der Waals surface area contributed by atoms with Crippen molar-refractivity contribution in [1.82, 2.24) is 20.4 Å². The van der Waals surface area contributed by atoms with E-state index in [1.165, 1.54) is 6.20 Å². The van der Waals surface area contributed by atoms with Crippen LogP contribution in [0, 0.1) is 0 Å². The first kappa shape index (κ1) is 17.3. The number of hydrogen-bond acceptors (Lipinski definition) is 3. The summed E-state index contributed by atoms with van der Waals surface area (Å²) in [4.78, 5) is 21.9. The molecule has 0 saturated carbocycles. The minimum atomic E-state index is -4.49. The topological polar surface area (TPSA) is 102 Å². The van der Waals surface area contributed by atoms with Crippen LogP contribution in [0.5, 0.6) is 0 Å². The standard InChI is InChI=1S/C14H14F3N5O2/c15-14(16,17)11-5-6-22(21-11)10-3-1-9(2-4-10)7-19-12(23)8-20-13(18)24/h1-6H,7-8H2,(H,19,23)(H3,18,20,24). The van der Waals surface area contributed by atoms with E-state index in [0.717, 1.165) is 16.3 Å². The van der Waals surface area contributed by atoms with Gasteiger partial charge in [0.15, 0.2) is 5.69 Å². The molecule has 0 saturated heterocycles. The van der Waals surface area contributed by atoms with Crippen molar-refractivity contribution in [3.05, 3.63) is 47.8 Å². The molecule has 2 rings (SSSR count). The number of nitrogens with one attached hydrogen (secondary N) is 2. The fourth-order valence-corrected chi connectivity index (χ4v) is 1.82. The van der Waals surface area contributed by atoms with E-state index in [1.54, 1.807) is 24.3 Å². The van der Waals surface area contributed by atoms with Crippen molar-refractivity contribution < 1.29 is 22.8 Å². The van der Waals surface area contributed by atoms with Crippen LogP contribution in [0.4, 0.5) is 18.0 Å². The van der Waals surface area contributed by atoms with E-state index in [0.29, 0.717) is 5.69 Å². The highest BCUT2D eigenvalue weighted by Crippen LogP contribution is 2.27. The summed E-state index contributed by atoms with van der Waals surface area (Å²) in [5.41, 5.74) is 5.05. The van der Waals surface area contributed by atoms with E-state index < -0.39 is 23.8 Å². The summed E-state index contributed by atoms with van der Waals surface area (Å²) in [5.74, 6) is -0.417. The number of aromatic nitrogens is 2. The number of rotatable bonds is 5. The zero-order chi connectivity index (χ0) is 17.7. The number of carbonyl (C=O) groups is 2. The maximum atomic E-state index is 12.5. The Morgan fingerprint density at radius 1 is 1.12 bits per heavy atom. The number of carbonyl (C=O) groups excluding carboxylic acids is 2. The van der Waals surface area contributed by atoms with Gasteiger partial charge in [0.25, 0.3) is 0 Å². The second-order valence-corrected chi connectivity index (χ2v) is 4.80. The van der Waals surface area contributed by atoms with Crippen molar-refractivity contribution in [2.45, 2.75) is 12.7 Å². The van der Waals surface area contributed by atoms with Gasteiger partial charge in [-0.15, -0.1) is 0 Å². The summed E-state index contributed by atoms with van der Waals surface area (Å²) in [6.45, 7) is -0.0343. The van der Waals surface area contributed by atoms with Gasteiger partial charge in [-0.05, 0) is 23.8 Å². The SMILES string of the molecule is NC(=O)NCC(=O)NCc1ccc(-n2ccc(C(F)(F)F)n2)cc1. The lowest BCUT2D eigenvalue weighted by Crippen LogP contribution is -2.39. The van der Waals surface area contributed by atoms with Crippen molar-refractivity contribution in [3.63, 3.8) is 0 Å². The third kappa shape index (κ3) is 4.73. The van der Waals surface area contributed by atoms with Gasteiger partial charge < -0.3 is 16.4 Å². The predicted molar refractivity (Wildman–Crippen MR) is 78.0 cm³/mol. The number of urea groups is 1. The smallest absolute Gasteiger partial charge is 0.352 e. The Bertz CT molecular complexity index is 725. The van der Waals surface area contributed by atoms with Crippen LogP contribution in [0.2, 0.25) is 0 Å². The van der Waals surface area contributed by atoms with Crippen molar-refractivity contribution in [2.24, 2.45) is 5.73 Å². The summed E-state index contributed by atoms with van der Waals surface area (Å²) in [7, 11) is 0. The molecule has 7 nitrogen and oxygen atoms in total. The summed E-state index contributed by atoms with van der Waals surface area (Å²) >= 11 is 0. The van der Waals surface area contributed by atoms with Gasteiger partial charge in [0.2, 0.25) is 5.91 Å². The highest BCUT2D eigenvalue weighted by Gasteiger charge is 2.33. The Labute approximate surface area is 134 Å². The monoisotopic (exact) mass is 341 g/mol. The molecule has 128 valence electrons. The van der Waals surface area contributed by atoms with Gasteiger partial charge in [0.1, 0.15) is 0 Å². The van der Waals surface area contributed by atoms with Gasteiger partial charge >= 0.3 is 12.2 Å². The highest BCUT2D eigenvalue weighted by atomic mass is 19.4. The first-order valence-electron chi connectivity index (χ1n) is 6.78. The number of amides is 3. The predicted octanol–water partition coefficient (Wildman–Crippen LogP) is 1.18. The average Bonchev–Trinajstić information content (AvgIpc) is 3.01. The summed E-state index contributed by atoms with van der Waals surface area (Å²) in [6.07, 6.45) is -3.27. The van der Waals surface area contributed by atoms with Crippen LogP contribution in [0.25, 0.3) is 5.69 Å². The molecule has 0 aliphatic carbocycles. The van der Waals surface area contributed by atoms with E-state index in [9.17, 15) is 22.8 Å². The molecule has 0 radical (unpaired) electrons. The fraction of sp³-hybridized carbons (Fsp3) is 0.214. The average molecular weight is 341 g/mol. The van der Waals surface area contributed by atoms with E-state index in [4.69, 9.17) is 5.73 Å². The second-order valence-electron chi connectivity index (χ2n) is 4.80. The highest BCUT2D eigenvalue weighted by molar-refractivity contribution is 5.83. The lowest BCUT2D eigenvalue weighted by Gasteiger charge is -2.07. The molecular weight excluding hydrogens is 327 g/mol. The lowest BCUT2D eigenvalue weighted by atomic mass is 10.2. The van der Waals surface area contributed by atoms with Crippen LogP contribution in [0.15, 0.2) is 36.5 Å². The van der Waals surface area contributed by atoms with E-state index in [-0.39, 0.29) is 13.1 Å². The Morgan fingerprint density at radius 3 is 2.33 bits per heavy atom. The molecule has 10 heteroatoms.